The van der Waals surface area contributed by atoms with E-state index in [0.29, 0.717) is 0 Å². The smallest absolute Gasteiger partial charge is 0.0430 e. The molecule has 2 heteroatoms. The Bertz CT molecular complexity index is 513. The van der Waals surface area contributed by atoms with Crippen molar-refractivity contribution in [3.05, 3.63) is 56.8 Å². The molecule has 0 spiro atoms. The van der Waals surface area contributed by atoms with Crippen molar-refractivity contribution >= 4 is 11.3 Å². The van der Waals surface area contributed by atoms with Crippen molar-refractivity contribution in [2.24, 2.45) is 5.73 Å². The normalized spacial score (nSPS) is 12.7. The molecule has 17 heavy (non-hydrogen) atoms. The van der Waals surface area contributed by atoms with Crippen LogP contribution in [0.2, 0.25) is 0 Å². The summed E-state index contributed by atoms with van der Waals surface area (Å²) < 4.78 is 0. The molecule has 0 fully saturated rings. The first kappa shape index (κ1) is 12.3. The third kappa shape index (κ3) is 2.96. The Hall–Kier alpha value is -1.12. The van der Waals surface area contributed by atoms with Crippen molar-refractivity contribution in [1.82, 2.24) is 0 Å². The van der Waals surface area contributed by atoms with Gasteiger partial charge in [0.1, 0.15) is 0 Å². The number of aryl methyl sites for hydroxylation is 3. The van der Waals surface area contributed by atoms with Crippen LogP contribution >= 0.6 is 11.3 Å². The summed E-state index contributed by atoms with van der Waals surface area (Å²) >= 11 is 1.80. The Balaban J connectivity index is 2.12. The zero-order valence-electron chi connectivity index (χ0n) is 10.7. The topological polar surface area (TPSA) is 26.0 Å². The van der Waals surface area contributed by atoms with Crippen molar-refractivity contribution in [3.63, 3.8) is 0 Å². The van der Waals surface area contributed by atoms with Gasteiger partial charge in [0.05, 0.1) is 0 Å². The van der Waals surface area contributed by atoms with E-state index >= 15 is 0 Å². The van der Waals surface area contributed by atoms with Crippen LogP contribution in [-0.2, 0) is 6.42 Å². The third-order valence-corrected chi connectivity index (χ3v) is 4.29. The Labute approximate surface area is 107 Å². The lowest BCUT2D eigenvalue weighted by Gasteiger charge is -2.11. The lowest BCUT2D eigenvalue weighted by Crippen LogP contribution is -2.11. The van der Waals surface area contributed by atoms with Gasteiger partial charge in [0, 0.05) is 15.8 Å². The molecule has 0 bridgehead atoms. The molecule has 1 aromatic heterocycles. The molecule has 90 valence electrons. The average Bonchev–Trinajstić information content (AvgIpc) is 2.70. The van der Waals surface area contributed by atoms with Gasteiger partial charge in [-0.05, 0) is 56.0 Å². The van der Waals surface area contributed by atoms with Crippen LogP contribution in [0.4, 0.5) is 0 Å². The van der Waals surface area contributed by atoms with Gasteiger partial charge in [-0.15, -0.1) is 11.3 Å². The minimum atomic E-state index is 0.121. The van der Waals surface area contributed by atoms with Crippen molar-refractivity contribution < 1.29 is 0 Å². The van der Waals surface area contributed by atoms with Gasteiger partial charge in [0.25, 0.3) is 0 Å². The van der Waals surface area contributed by atoms with Gasteiger partial charge in [0.2, 0.25) is 0 Å². The summed E-state index contributed by atoms with van der Waals surface area (Å²) in [5.74, 6) is 0. The van der Waals surface area contributed by atoms with Gasteiger partial charge in [-0.25, -0.2) is 0 Å². The largest absolute Gasteiger partial charge is 0.323 e. The summed E-state index contributed by atoms with van der Waals surface area (Å²) in [5, 5.41) is 0. The minimum Gasteiger partial charge on any atom is -0.323 e. The quantitative estimate of drug-likeness (QED) is 0.871. The van der Waals surface area contributed by atoms with Crippen LogP contribution < -0.4 is 5.73 Å². The van der Waals surface area contributed by atoms with Gasteiger partial charge >= 0.3 is 0 Å². The zero-order valence-corrected chi connectivity index (χ0v) is 11.5. The number of thiophene rings is 1. The van der Waals surface area contributed by atoms with Crippen molar-refractivity contribution in [2.75, 3.05) is 0 Å². The number of nitrogens with two attached hydrogens (primary N) is 1. The predicted octanol–water partition coefficient (Wildman–Crippen LogP) is 3.92. The van der Waals surface area contributed by atoms with Crippen LogP contribution in [0.3, 0.4) is 0 Å². The van der Waals surface area contributed by atoms with Crippen LogP contribution in [0.25, 0.3) is 0 Å². The molecule has 1 nitrogen and oxygen atoms in total. The number of rotatable bonds is 3. The fraction of sp³-hybridized carbons (Fsp3) is 0.333. The average molecular weight is 245 g/mol. The highest BCUT2D eigenvalue weighted by molar-refractivity contribution is 7.12. The van der Waals surface area contributed by atoms with Gasteiger partial charge in [-0.3, -0.25) is 0 Å². The standard InChI is InChI=1S/C15H19NS/c1-10-4-6-13(8-11(10)2)9-14(16)15-7-5-12(3)17-15/h4-8,14H,9,16H2,1-3H3. The highest BCUT2D eigenvalue weighted by atomic mass is 32.1. The number of benzene rings is 1. The second-order valence-corrected chi connectivity index (χ2v) is 6.00. The Kier molecular flexibility index (Phi) is 3.65. The van der Waals surface area contributed by atoms with Gasteiger partial charge in [0.15, 0.2) is 0 Å². The van der Waals surface area contributed by atoms with E-state index in [1.165, 1.54) is 26.4 Å². The molecule has 2 aromatic rings. The van der Waals surface area contributed by atoms with E-state index in [-0.39, 0.29) is 6.04 Å². The summed E-state index contributed by atoms with van der Waals surface area (Å²) in [6.07, 6.45) is 0.918. The first-order valence-electron chi connectivity index (χ1n) is 5.94. The SMILES string of the molecule is Cc1ccc(C(N)Cc2ccc(C)c(C)c2)s1. The van der Waals surface area contributed by atoms with Gasteiger partial charge in [-0.1, -0.05) is 18.2 Å². The molecule has 0 aliphatic heterocycles. The van der Waals surface area contributed by atoms with E-state index in [1.54, 1.807) is 11.3 Å². The van der Waals surface area contributed by atoms with E-state index in [4.69, 9.17) is 5.73 Å². The van der Waals surface area contributed by atoms with E-state index in [0.717, 1.165) is 6.42 Å². The molecule has 0 amide bonds. The predicted molar refractivity (Wildman–Crippen MR) is 75.6 cm³/mol. The molecule has 0 aliphatic carbocycles. The molecular weight excluding hydrogens is 226 g/mol. The second kappa shape index (κ2) is 5.03. The molecule has 0 radical (unpaired) electrons. The second-order valence-electron chi connectivity index (χ2n) is 4.68. The third-order valence-electron chi connectivity index (χ3n) is 3.15. The molecule has 1 unspecified atom stereocenters. The highest BCUT2D eigenvalue weighted by Gasteiger charge is 2.09. The maximum atomic E-state index is 6.24. The first-order chi connectivity index (χ1) is 8.06. The van der Waals surface area contributed by atoms with E-state index in [9.17, 15) is 0 Å². The van der Waals surface area contributed by atoms with E-state index < -0.39 is 0 Å². The minimum absolute atomic E-state index is 0.121. The highest BCUT2D eigenvalue weighted by Crippen LogP contribution is 2.24. The molecule has 1 aromatic carbocycles. The molecule has 2 rings (SSSR count). The molecule has 0 saturated carbocycles. The Morgan fingerprint density at radius 3 is 2.41 bits per heavy atom. The fourth-order valence-corrected chi connectivity index (χ4v) is 2.82. The lowest BCUT2D eigenvalue weighted by molar-refractivity contribution is 0.736. The van der Waals surface area contributed by atoms with Crippen LogP contribution in [0.5, 0.6) is 0 Å². The molecule has 1 heterocycles. The maximum Gasteiger partial charge on any atom is 0.0430 e. The van der Waals surface area contributed by atoms with Crippen molar-refractivity contribution in [2.45, 2.75) is 33.2 Å². The number of hydrogen-bond acceptors (Lipinski definition) is 2. The van der Waals surface area contributed by atoms with Crippen molar-refractivity contribution in [3.8, 4) is 0 Å². The van der Waals surface area contributed by atoms with Crippen LogP contribution in [0.1, 0.15) is 32.5 Å². The molecule has 0 aliphatic rings. The Morgan fingerprint density at radius 2 is 1.82 bits per heavy atom. The van der Waals surface area contributed by atoms with Crippen LogP contribution in [0, 0.1) is 20.8 Å². The maximum absolute atomic E-state index is 6.24. The molecule has 1 atom stereocenters. The molecule has 0 saturated heterocycles. The summed E-state index contributed by atoms with van der Waals surface area (Å²) in [6, 6.07) is 11.0. The first-order valence-corrected chi connectivity index (χ1v) is 6.76. The summed E-state index contributed by atoms with van der Waals surface area (Å²) in [6.45, 7) is 6.41. The van der Waals surface area contributed by atoms with E-state index in [1.807, 2.05) is 0 Å². The lowest BCUT2D eigenvalue weighted by atomic mass is 10.0. The monoisotopic (exact) mass is 245 g/mol. The number of hydrogen-bond donors (Lipinski definition) is 1. The van der Waals surface area contributed by atoms with Crippen LogP contribution in [-0.4, -0.2) is 0 Å². The summed E-state index contributed by atoms with van der Waals surface area (Å²) in [5.41, 5.74) is 10.3. The zero-order chi connectivity index (χ0) is 12.4. The molecule has 2 N–H and O–H groups in total. The Morgan fingerprint density at radius 1 is 1.06 bits per heavy atom. The summed E-state index contributed by atoms with van der Waals surface area (Å²) in [4.78, 5) is 2.61. The fourth-order valence-electron chi connectivity index (χ4n) is 1.94. The summed E-state index contributed by atoms with van der Waals surface area (Å²) in [7, 11) is 0. The van der Waals surface area contributed by atoms with Crippen LogP contribution in [0.15, 0.2) is 30.3 Å². The molecular formula is C15H19NS. The van der Waals surface area contributed by atoms with E-state index in [2.05, 4.69) is 51.1 Å². The van der Waals surface area contributed by atoms with Gasteiger partial charge < -0.3 is 5.73 Å². The van der Waals surface area contributed by atoms with Gasteiger partial charge in [-0.2, -0.15) is 0 Å². The van der Waals surface area contributed by atoms with Crippen molar-refractivity contribution in [1.29, 1.82) is 0 Å².